The van der Waals surface area contributed by atoms with Gasteiger partial charge in [0.05, 0.1) is 22.3 Å². The number of hydrogen-bond donors (Lipinski definition) is 0. The van der Waals surface area contributed by atoms with Crippen molar-refractivity contribution in [1.82, 2.24) is 13.7 Å². The second-order valence-corrected chi connectivity index (χ2v) is 4.94. The minimum Gasteiger partial charge on any atom is -0.245 e. The van der Waals surface area contributed by atoms with Gasteiger partial charge in [0.25, 0.3) is 0 Å². The molecule has 0 fully saturated rings. The molecule has 0 radical (unpaired) electrons. The Bertz CT molecular complexity index is 901. The second-order valence-electron chi connectivity index (χ2n) is 4.04. The van der Waals surface area contributed by atoms with Crippen LogP contribution in [0, 0.1) is 0 Å². The van der Waals surface area contributed by atoms with E-state index in [1.54, 1.807) is 0 Å². The summed E-state index contributed by atoms with van der Waals surface area (Å²) in [6, 6.07) is 11.7. The predicted molar refractivity (Wildman–Crippen MR) is 75.2 cm³/mol. The summed E-state index contributed by atoms with van der Waals surface area (Å²) < 4.78 is 8.53. The van der Waals surface area contributed by atoms with Crippen molar-refractivity contribution in [3.63, 3.8) is 0 Å². The lowest BCUT2D eigenvalue weighted by molar-refractivity contribution is 1.50. The Kier molecular flexibility index (Phi) is 2.04. The number of para-hydroxylation sites is 1. The van der Waals surface area contributed by atoms with Gasteiger partial charge < -0.3 is 0 Å². The van der Waals surface area contributed by atoms with Crippen molar-refractivity contribution in [2.75, 3.05) is 0 Å². The molecule has 0 unspecified atom stereocenters. The maximum absolute atomic E-state index is 6.46. The topological polar surface area (TPSA) is 38.7 Å². The van der Waals surface area contributed by atoms with Crippen LogP contribution in [0.5, 0.6) is 0 Å². The van der Waals surface area contributed by atoms with Crippen LogP contribution in [0.1, 0.15) is 0 Å². The van der Waals surface area contributed by atoms with Gasteiger partial charge >= 0.3 is 0 Å². The summed E-state index contributed by atoms with van der Waals surface area (Å²) in [6.07, 6.45) is 0. The van der Waals surface area contributed by atoms with E-state index in [2.05, 4.69) is 13.7 Å². The number of pyridine rings is 1. The lowest BCUT2D eigenvalue weighted by atomic mass is 10.1. The van der Waals surface area contributed by atoms with Gasteiger partial charge in [-0.3, -0.25) is 0 Å². The standard InChI is InChI=1S/C13H6ClN3S/c14-11-7-3-1-2-4-9(7)15-12-8(11)5-6-10-13(12)17-18-16-10/h1-6H. The first kappa shape index (κ1) is 10.2. The van der Waals surface area contributed by atoms with E-state index in [1.165, 1.54) is 11.7 Å². The normalized spacial score (nSPS) is 11.6. The Morgan fingerprint density at radius 1 is 0.833 bits per heavy atom. The van der Waals surface area contributed by atoms with Crippen LogP contribution in [0.25, 0.3) is 32.8 Å². The van der Waals surface area contributed by atoms with Crippen LogP contribution in [-0.2, 0) is 0 Å². The van der Waals surface area contributed by atoms with Crippen molar-refractivity contribution in [2.24, 2.45) is 0 Å². The fourth-order valence-corrected chi connectivity index (χ4v) is 3.00. The monoisotopic (exact) mass is 271 g/mol. The van der Waals surface area contributed by atoms with Gasteiger partial charge in [0.2, 0.25) is 0 Å². The van der Waals surface area contributed by atoms with Crippen molar-refractivity contribution >= 4 is 56.2 Å². The van der Waals surface area contributed by atoms with Crippen molar-refractivity contribution < 1.29 is 0 Å². The van der Waals surface area contributed by atoms with Crippen molar-refractivity contribution in [2.45, 2.75) is 0 Å². The highest BCUT2D eigenvalue weighted by atomic mass is 35.5. The van der Waals surface area contributed by atoms with E-state index in [0.29, 0.717) is 0 Å². The molecule has 2 aromatic heterocycles. The van der Waals surface area contributed by atoms with Crippen LogP contribution in [-0.4, -0.2) is 13.7 Å². The number of halogens is 1. The summed E-state index contributed by atoms with van der Waals surface area (Å²) in [5, 5.41) is 2.62. The molecule has 0 atom stereocenters. The number of fused-ring (bicyclic) bond motifs is 4. The Morgan fingerprint density at radius 3 is 2.67 bits per heavy atom. The van der Waals surface area contributed by atoms with E-state index >= 15 is 0 Å². The number of rotatable bonds is 0. The molecule has 86 valence electrons. The Hall–Kier alpha value is -1.78. The molecule has 0 saturated heterocycles. The molecule has 4 aromatic rings. The van der Waals surface area contributed by atoms with Crippen LogP contribution in [0.15, 0.2) is 36.4 Å². The number of nitrogens with zero attached hydrogens (tertiary/aromatic N) is 3. The number of aromatic nitrogens is 3. The Balaban J connectivity index is 2.34. The van der Waals surface area contributed by atoms with Crippen LogP contribution in [0.3, 0.4) is 0 Å². The highest BCUT2D eigenvalue weighted by Crippen LogP contribution is 2.33. The average molecular weight is 272 g/mol. The first-order valence-electron chi connectivity index (χ1n) is 5.44. The highest BCUT2D eigenvalue weighted by molar-refractivity contribution is 7.00. The third kappa shape index (κ3) is 1.27. The molecule has 0 spiro atoms. The fraction of sp³-hybridized carbons (Fsp3) is 0. The Labute approximate surface area is 111 Å². The molecule has 2 heterocycles. The van der Waals surface area contributed by atoms with Gasteiger partial charge in [-0.1, -0.05) is 29.8 Å². The van der Waals surface area contributed by atoms with Gasteiger partial charge in [0.1, 0.15) is 16.6 Å². The van der Waals surface area contributed by atoms with Gasteiger partial charge in [0.15, 0.2) is 0 Å². The van der Waals surface area contributed by atoms with Gasteiger partial charge in [-0.05, 0) is 18.2 Å². The molecular weight excluding hydrogens is 266 g/mol. The molecule has 5 heteroatoms. The number of hydrogen-bond acceptors (Lipinski definition) is 4. The quantitative estimate of drug-likeness (QED) is 0.453. The summed E-state index contributed by atoms with van der Waals surface area (Å²) in [5.41, 5.74) is 3.40. The minimum absolute atomic E-state index is 0.727. The van der Waals surface area contributed by atoms with Crippen LogP contribution in [0.4, 0.5) is 0 Å². The first-order valence-corrected chi connectivity index (χ1v) is 6.54. The zero-order valence-corrected chi connectivity index (χ0v) is 10.7. The van der Waals surface area contributed by atoms with E-state index in [9.17, 15) is 0 Å². The molecule has 0 bridgehead atoms. The molecule has 2 aromatic carbocycles. The van der Waals surface area contributed by atoms with E-state index in [1.807, 2.05) is 36.4 Å². The van der Waals surface area contributed by atoms with Crippen molar-refractivity contribution in [3.8, 4) is 0 Å². The molecule has 0 amide bonds. The van der Waals surface area contributed by atoms with Crippen LogP contribution in [0.2, 0.25) is 5.02 Å². The maximum atomic E-state index is 6.46. The maximum Gasteiger partial charge on any atom is 0.131 e. The van der Waals surface area contributed by atoms with Crippen molar-refractivity contribution in [3.05, 3.63) is 41.4 Å². The van der Waals surface area contributed by atoms with Crippen molar-refractivity contribution in [1.29, 1.82) is 0 Å². The lowest BCUT2D eigenvalue weighted by Gasteiger charge is -2.04. The highest BCUT2D eigenvalue weighted by Gasteiger charge is 2.11. The molecule has 0 aliphatic heterocycles. The molecule has 3 nitrogen and oxygen atoms in total. The van der Waals surface area contributed by atoms with Crippen LogP contribution >= 0.6 is 23.3 Å². The third-order valence-electron chi connectivity index (χ3n) is 3.01. The molecule has 18 heavy (non-hydrogen) atoms. The summed E-state index contributed by atoms with van der Waals surface area (Å²) in [4.78, 5) is 4.66. The van der Waals surface area contributed by atoms with E-state index in [0.717, 1.165) is 37.9 Å². The molecule has 0 N–H and O–H groups in total. The predicted octanol–water partition coefficient (Wildman–Crippen LogP) is 4.05. The molecule has 0 aliphatic carbocycles. The summed E-state index contributed by atoms with van der Waals surface area (Å²) in [6.45, 7) is 0. The molecule has 0 aliphatic rings. The average Bonchev–Trinajstić information content (AvgIpc) is 2.88. The SMILES string of the molecule is Clc1c2ccccc2nc2c1ccc1nsnc12. The second kappa shape index (κ2) is 3.60. The zero-order chi connectivity index (χ0) is 12.1. The molecular formula is C13H6ClN3S. The fourth-order valence-electron chi connectivity index (χ4n) is 2.15. The minimum atomic E-state index is 0.727. The zero-order valence-electron chi connectivity index (χ0n) is 9.09. The van der Waals surface area contributed by atoms with E-state index in [4.69, 9.17) is 11.6 Å². The van der Waals surface area contributed by atoms with Gasteiger partial charge in [0, 0.05) is 10.8 Å². The van der Waals surface area contributed by atoms with Gasteiger partial charge in [-0.25, -0.2) is 4.98 Å². The van der Waals surface area contributed by atoms with E-state index in [-0.39, 0.29) is 0 Å². The van der Waals surface area contributed by atoms with Gasteiger partial charge in [-0.15, -0.1) is 0 Å². The summed E-state index contributed by atoms with van der Waals surface area (Å²) in [7, 11) is 0. The molecule has 0 saturated carbocycles. The van der Waals surface area contributed by atoms with Gasteiger partial charge in [-0.2, -0.15) is 8.75 Å². The summed E-state index contributed by atoms with van der Waals surface area (Å²) in [5.74, 6) is 0. The summed E-state index contributed by atoms with van der Waals surface area (Å²) >= 11 is 7.65. The Morgan fingerprint density at radius 2 is 1.72 bits per heavy atom. The lowest BCUT2D eigenvalue weighted by Crippen LogP contribution is -1.86. The van der Waals surface area contributed by atoms with E-state index < -0.39 is 0 Å². The van der Waals surface area contributed by atoms with Crippen LogP contribution < -0.4 is 0 Å². The third-order valence-corrected chi connectivity index (χ3v) is 3.96. The smallest absolute Gasteiger partial charge is 0.131 e. The first-order chi connectivity index (χ1) is 8.84. The largest absolute Gasteiger partial charge is 0.245 e. The molecule has 4 rings (SSSR count). The number of benzene rings is 2.